The Morgan fingerprint density at radius 2 is 1.76 bits per heavy atom. The molecule has 1 amide bonds. The van der Waals surface area contributed by atoms with E-state index in [1.807, 2.05) is 74.5 Å². The van der Waals surface area contributed by atoms with Gasteiger partial charge in [0, 0.05) is 12.2 Å². The number of carbonyl (C=O) groups is 1. The van der Waals surface area contributed by atoms with Gasteiger partial charge in [-0.2, -0.15) is 0 Å². The quantitative estimate of drug-likeness (QED) is 0.610. The van der Waals surface area contributed by atoms with Gasteiger partial charge in [-0.1, -0.05) is 65.2 Å². The van der Waals surface area contributed by atoms with Crippen molar-refractivity contribution in [3.8, 4) is 5.75 Å². The summed E-state index contributed by atoms with van der Waals surface area (Å²) >= 11 is 11.7. The maximum atomic E-state index is 12.4. The lowest BCUT2D eigenvalue weighted by Crippen LogP contribution is -2.36. The van der Waals surface area contributed by atoms with Gasteiger partial charge in [0.15, 0.2) is 4.84 Å². The Hall–Kier alpha value is -1.97. The van der Waals surface area contributed by atoms with Gasteiger partial charge in [-0.3, -0.25) is 4.79 Å². The number of rotatable bonds is 7. The molecule has 2 rings (SSSR count). The molecule has 3 nitrogen and oxygen atoms in total. The van der Waals surface area contributed by atoms with Crippen LogP contribution < -0.4 is 9.64 Å². The Balaban J connectivity index is 2.24. The van der Waals surface area contributed by atoms with E-state index in [9.17, 15) is 4.79 Å². The first kappa shape index (κ1) is 19.4. The van der Waals surface area contributed by atoms with Crippen molar-refractivity contribution < 1.29 is 9.53 Å². The van der Waals surface area contributed by atoms with E-state index in [0.717, 1.165) is 22.6 Å². The van der Waals surface area contributed by atoms with Crippen LogP contribution in [0.5, 0.6) is 5.75 Å². The summed E-state index contributed by atoms with van der Waals surface area (Å²) < 4.78 is 5.44. The first-order chi connectivity index (χ1) is 12.0. The van der Waals surface area contributed by atoms with Gasteiger partial charge in [0.1, 0.15) is 5.75 Å². The second-order valence-electron chi connectivity index (χ2n) is 5.55. The average Bonchev–Trinajstić information content (AvgIpc) is 2.61. The summed E-state index contributed by atoms with van der Waals surface area (Å²) in [7, 11) is 0. The van der Waals surface area contributed by atoms with Crippen LogP contribution in [0.15, 0.2) is 60.2 Å². The number of alkyl halides is 2. The molecule has 0 saturated carbocycles. The number of hydrogen-bond donors (Lipinski definition) is 0. The maximum Gasteiger partial charge on any atom is 0.260 e. The number of halogens is 2. The first-order valence-corrected chi connectivity index (χ1v) is 8.93. The standard InChI is InChI=1S/C20H21Cl2NO2/c1-3-25-18-11-9-17(10-12-18)23(20(24)19(21)22)14-15(2)13-16-7-5-4-6-8-16/h4-13,19H,3,14H2,1-2H3/b15-13+. The summed E-state index contributed by atoms with van der Waals surface area (Å²) in [5.74, 6) is 0.400. The van der Waals surface area contributed by atoms with Crippen molar-refractivity contribution >= 4 is 40.9 Å². The Kier molecular flexibility index (Phi) is 7.35. The van der Waals surface area contributed by atoms with Crippen molar-refractivity contribution in [1.82, 2.24) is 0 Å². The molecule has 0 aliphatic heterocycles. The molecule has 132 valence electrons. The molecule has 0 radical (unpaired) electrons. The van der Waals surface area contributed by atoms with E-state index < -0.39 is 4.84 Å². The Bertz CT molecular complexity index is 712. The minimum atomic E-state index is -1.11. The van der Waals surface area contributed by atoms with E-state index in [2.05, 4.69) is 0 Å². The highest BCUT2D eigenvalue weighted by Gasteiger charge is 2.22. The third-order valence-corrected chi connectivity index (χ3v) is 3.91. The molecule has 0 N–H and O–H groups in total. The third kappa shape index (κ3) is 5.80. The van der Waals surface area contributed by atoms with Gasteiger partial charge in [0.25, 0.3) is 5.91 Å². The van der Waals surface area contributed by atoms with E-state index in [-0.39, 0.29) is 5.91 Å². The lowest BCUT2D eigenvalue weighted by molar-refractivity contribution is -0.116. The van der Waals surface area contributed by atoms with Gasteiger partial charge in [-0.25, -0.2) is 0 Å². The summed E-state index contributed by atoms with van der Waals surface area (Å²) in [6.45, 7) is 4.89. The zero-order valence-corrected chi connectivity index (χ0v) is 15.8. The van der Waals surface area contributed by atoms with Crippen LogP contribution in [0.4, 0.5) is 5.69 Å². The van der Waals surface area contributed by atoms with Crippen LogP contribution in [0.2, 0.25) is 0 Å². The van der Waals surface area contributed by atoms with Gasteiger partial charge in [-0.15, -0.1) is 0 Å². The Labute approximate surface area is 158 Å². The number of anilines is 1. The second-order valence-corrected chi connectivity index (χ2v) is 6.65. The van der Waals surface area contributed by atoms with E-state index >= 15 is 0 Å². The smallest absolute Gasteiger partial charge is 0.260 e. The molecular formula is C20H21Cl2NO2. The minimum Gasteiger partial charge on any atom is -0.494 e. The van der Waals surface area contributed by atoms with E-state index in [1.54, 1.807) is 4.90 Å². The molecule has 0 fully saturated rings. The Morgan fingerprint density at radius 3 is 2.32 bits per heavy atom. The predicted molar refractivity (Wildman–Crippen MR) is 106 cm³/mol. The molecule has 5 heteroatoms. The Morgan fingerprint density at radius 1 is 1.12 bits per heavy atom. The number of hydrogen-bond acceptors (Lipinski definition) is 2. The van der Waals surface area contributed by atoms with Crippen LogP contribution in [0, 0.1) is 0 Å². The van der Waals surface area contributed by atoms with Crippen molar-refractivity contribution in [3.05, 3.63) is 65.7 Å². The highest BCUT2D eigenvalue weighted by molar-refractivity contribution is 6.54. The summed E-state index contributed by atoms with van der Waals surface area (Å²) in [4.78, 5) is 12.9. The number of amides is 1. The van der Waals surface area contributed by atoms with Crippen LogP contribution in [-0.4, -0.2) is 23.9 Å². The van der Waals surface area contributed by atoms with E-state index in [1.165, 1.54) is 0 Å². The molecule has 0 aliphatic carbocycles. The SMILES string of the molecule is CCOc1ccc(N(C/C(C)=C/c2ccccc2)C(=O)C(Cl)Cl)cc1. The van der Waals surface area contributed by atoms with Crippen LogP contribution >= 0.6 is 23.2 Å². The predicted octanol–water partition coefficient (Wildman–Crippen LogP) is 5.33. The minimum absolute atomic E-state index is 0.353. The first-order valence-electron chi connectivity index (χ1n) is 8.06. The molecule has 0 spiro atoms. The molecule has 0 unspecified atom stereocenters. The normalized spacial score (nSPS) is 11.5. The highest BCUT2D eigenvalue weighted by Crippen LogP contribution is 2.23. The van der Waals surface area contributed by atoms with Gasteiger partial charge in [0.2, 0.25) is 0 Å². The zero-order chi connectivity index (χ0) is 18.2. The van der Waals surface area contributed by atoms with Crippen molar-refractivity contribution in [3.63, 3.8) is 0 Å². The summed E-state index contributed by atoms with van der Waals surface area (Å²) in [5, 5.41) is 0. The summed E-state index contributed by atoms with van der Waals surface area (Å²) in [5.41, 5.74) is 2.82. The van der Waals surface area contributed by atoms with E-state index in [4.69, 9.17) is 27.9 Å². The largest absolute Gasteiger partial charge is 0.494 e. The fraction of sp³-hybridized carbons (Fsp3) is 0.250. The third-order valence-electron chi connectivity index (χ3n) is 3.53. The number of nitrogens with zero attached hydrogens (tertiary/aromatic N) is 1. The van der Waals surface area contributed by atoms with Crippen molar-refractivity contribution in [2.45, 2.75) is 18.7 Å². The van der Waals surface area contributed by atoms with Crippen LogP contribution in [-0.2, 0) is 4.79 Å². The van der Waals surface area contributed by atoms with Gasteiger partial charge >= 0.3 is 0 Å². The topological polar surface area (TPSA) is 29.5 Å². The number of carbonyl (C=O) groups excluding carboxylic acids is 1. The maximum absolute atomic E-state index is 12.4. The zero-order valence-electron chi connectivity index (χ0n) is 14.3. The lowest BCUT2D eigenvalue weighted by atomic mass is 10.1. The lowest BCUT2D eigenvalue weighted by Gasteiger charge is -2.24. The molecular weight excluding hydrogens is 357 g/mol. The molecule has 0 bridgehead atoms. The number of benzene rings is 2. The number of ether oxygens (including phenoxy) is 1. The van der Waals surface area contributed by atoms with Gasteiger partial charge < -0.3 is 9.64 Å². The molecule has 2 aromatic carbocycles. The van der Waals surface area contributed by atoms with Crippen molar-refractivity contribution in [1.29, 1.82) is 0 Å². The molecule has 25 heavy (non-hydrogen) atoms. The van der Waals surface area contributed by atoms with Crippen molar-refractivity contribution in [2.75, 3.05) is 18.1 Å². The van der Waals surface area contributed by atoms with Gasteiger partial charge in [0.05, 0.1) is 6.61 Å². The van der Waals surface area contributed by atoms with Crippen molar-refractivity contribution in [2.24, 2.45) is 0 Å². The fourth-order valence-electron chi connectivity index (χ4n) is 2.43. The van der Waals surface area contributed by atoms with Crippen LogP contribution in [0.1, 0.15) is 19.4 Å². The van der Waals surface area contributed by atoms with E-state index in [0.29, 0.717) is 13.2 Å². The molecule has 0 heterocycles. The monoisotopic (exact) mass is 377 g/mol. The average molecular weight is 378 g/mol. The molecule has 2 aromatic rings. The molecule has 0 atom stereocenters. The summed E-state index contributed by atoms with van der Waals surface area (Å²) in [6.07, 6.45) is 2.03. The van der Waals surface area contributed by atoms with Gasteiger partial charge in [-0.05, 0) is 43.7 Å². The summed E-state index contributed by atoms with van der Waals surface area (Å²) in [6, 6.07) is 17.2. The van der Waals surface area contributed by atoms with Crippen LogP contribution in [0.25, 0.3) is 6.08 Å². The van der Waals surface area contributed by atoms with Crippen LogP contribution in [0.3, 0.4) is 0 Å². The molecule has 0 aromatic heterocycles. The fourth-order valence-corrected chi connectivity index (χ4v) is 2.67. The molecule has 0 aliphatic rings. The highest BCUT2D eigenvalue weighted by atomic mass is 35.5. The molecule has 0 saturated heterocycles. The second kappa shape index (κ2) is 9.50.